The molecular formula is C23H25IN2OS. The van der Waals surface area contributed by atoms with Crippen LogP contribution < -0.4 is 38.2 Å². The highest BCUT2D eigenvalue weighted by Crippen LogP contribution is 2.46. The number of halogens is 1. The number of benzene rings is 2. The van der Waals surface area contributed by atoms with Crippen LogP contribution in [-0.4, -0.2) is 13.7 Å². The molecule has 1 aliphatic heterocycles. The maximum Gasteiger partial charge on any atom is 0.213 e. The smallest absolute Gasteiger partial charge is 0.213 e. The van der Waals surface area contributed by atoms with E-state index in [1.165, 1.54) is 37.8 Å². The van der Waals surface area contributed by atoms with Crippen LogP contribution in [-0.2, 0) is 6.54 Å². The molecule has 0 amide bonds. The van der Waals surface area contributed by atoms with Crippen LogP contribution in [0.5, 0.6) is 5.75 Å². The molecule has 4 rings (SSSR count). The third kappa shape index (κ3) is 3.74. The normalized spacial score (nSPS) is 14.3. The Labute approximate surface area is 188 Å². The third-order valence-corrected chi connectivity index (χ3v) is 6.17. The van der Waals surface area contributed by atoms with E-state index in [2.05, 4.69) is 78.8 Å². The molecule has 5 heteroatoms. The van der Waals surface area contributed by atoms with E-state index in [1.807, 2.05) is 17.8 Å². The van der Waals surface area contributed by atoms with E-state index in [4.69, 9.17) is 4.74 Å². The Kier molecular flexibility index (Phi) is 6.55. The molecule has 0 N–H and O–H groups in total. The molecule has 1 aliphatic rings. The van der Waals surface area contributed by atoms with Crippen molar-refractivity contribution in [1.29, 1.82) is 0 Å². The summed E-state index contributed by atoms with van der Waals surface area (Å²) < 4.78 is 7.74. The minimum atomic E-state index is 0. The summed E-state index contributed by atoms with van der Waals surface area (Å²) >= 11 is 1.86. The largest absolute Gasteiger partial charge is 1.00 e. The molecule has 2 heterocycles. The van der Waals surface area contributed by atoms with Gasteiger partial charge in [-0.25, -0.2) is 0 Å². The van der Waals surface area contributed by atoms with Crippen LogP contribution in [0.4, 0.5) is 5.69 Å². The maximum atomic E-state index is 5.38. The van der Waals surface area contributed by atoms with E-state index in [0.717, 1.165) is 18.8 Å². The number of nitrogens with zero attached hydrogens (tertiary/aromatic N) is 2. The van der Waals surface area contributed by atoms with Crippen molar-refractivity contribution in [3.63, 3.8) is 0 Å². The Bertz CT molecular complexity index is 1050. The molecule has 0 radical (unpaired) electrons. The van der Waals surface area contributed by atoms with E-state index < -0.39 is 0 Å². The van der Waals surface area contributed by atoms with Crippen LogP contribution in [0.15, 0.2) is 58.5 Å². The van der Waals surface area contributed by atoms with Gasteiger partial charge in [0, 0.05) is 29.6 Å². The minimum Gasteiger partial charge on any atom is -1.00 e. The quantitative estimate of drug-likeness (QED) is 0.401. The number of hydrogen-bond acceptors (Lipinski definition) is 3. The average molecular weight is 504 g/mol. The number of pyridine rings is 1. The van der Waals surface area contributed by atoms with Crippen LogP contribution in [0, 0.1) is 6.92 Å². The second-order valence-corrected chi connectivity index (χ2v) is 7.79. The number of anilines is 1. The van der Waals surface area contributed by atoms with Crippen molar-refractivity contribution in [3.8, 4) is 5.75 Å². The molecule has 0 fully saturated rings. The number of fused-ring (bicyclic) bond motifs is 2. The van der Waals surface area contributed by atoms with Gasteiger partial charge in [-0.3, -0.25) is 0 Å². The molecule has 28 heavy (non-hydrogen) atoms. The molecule has 1 aromatic heterocycles. The zero-order valence-electron chi connectivity index (χ0n) is 16.7. The van der Waals surface area contributed by atoms with E-state index in [9.17, 15) is 0 Å². The lowest BCUT2D eigenvalue weighted by molar-refractivity contribution is -0.669. The van der Waals surface area contributed by atoms with Gasteiger partial charge in [-0.05, 0) is 56.7 Å². The predicted molar refractivity (Wildman–Crippen MR) is 114 cm³/mol. The van der Waals surface area contributed by atoms with Crippen molar-refractivity contribution in [3.05, 3.63) is 64.8 Å². The Hall–Kier alpha value is -1.73. The molecule has 0 saturated carbocycles. The Morgan fingerprint density at radius 3 is 2.61 bits per heavy atom. The highest BCUT2D eigenvalue weighted by molar-refractivity contribution is 8.03. The second-order valence-electron chi connectivity index (χ2n) is 6.73. The molecule has 146 valence electrons. The third-order valence-electron chi connectivity index (χ3n) is 5.06. The standard InChI is InChI=1S/C23H25N2OS.HI/c1-5-24-18(9-8-17-14-19(26-4)10-11-20(17)24)15-23-25(6-2)21-13-16(3)7-12-22(21)27-23;/h7-15H,5-6H2,1-4H3;1H/q+1;/p-1. The molecule has 3 aromatic rings. The fourth-order valence-electron chi connectivity index (χ4n) is 3.69. The van der Waals surface area contributed by atoms with Crippen LogP contribution in [0.3, 0.4) is 0 Å². The minimum absolute atomic E-state index is 0. The summed E-state index contributed by atoms with van der Waals surface area (Å²) in [5.74, 6) is 0.894. The van der Waals surface area contributed by atoms with Gasteiger partial charge in [0.1, 0.15) is 12.3 Å². The number of hydrogen-bond donors (Lipinski definition) is 0. The molecule has 0 atom stereocenters. The molecule has 0 saturated heterocycles. The summed E-state index contributed by atoms with van der Waals surface area (Å²) in [6, 6.07) is 17.4. The lowest BCUT2D eigenvalue weighted by Crippen LogP contribution is -3.00. The Balaban J connectivity index is 0.00000225. The first-order valence-corrected chi connectivity index (χ1v) is 10.2. The number of aromatic nitrogens is 1. The van der Waals surface area contributed by atoms with Gasteiger partial charge in [-0.1, -0.05) is 17.8 Å². The number of methoxy groups -OCH3 is 1. The van der Waals surface area contributed by atoms with E-state index in [-0.39, 0.29) is 24.0 Å². The Morgan fingerprint density at radius 2 is 1.89 bits per heavy atom. The van der Waals surface area contributed by atoms with Gasteiger partial charge in [0.05, 0.1) is 23.2 Å². The molecule has 0 unspecified atom stereocenters. The maximum absolute atomic E-state index is 5.38. The average Bonchev–Trinajstić information content (AvgIpc) is 3.03. The van der Waals surface area contributed by atoms with E-state index in [1.54, 1.807) is 7.11 Å². The first kappa shape index (κ1) is 21.0. The van der Waals surface area contributed by atoms with Gasteiger partial charge >= 0.3 is 0 Å². The lowest BCUT2D eigenvalue weighted by atomic mass is 10.1. The van der Waals surface area contributed by atoms with Gasteiger partial charge in [-0.2, -0.15) is 4.57 Å². The van der Waals surface area contributed by atoms with Crippen molar-refractivity contribution >= 4 is 34.4 Å². The monoisotopic (exact) mass is 504 g/mol. The summed E-state index contributed by atoms with van der Waals surface area (Å²) in [5.41, 5.74) is 5.08. The summed E-state index contributed by atoms with van der Waals surface area (Å²) in [5, 5.41) is 2.48. The number of ether oxygens (including phenoxy) is 1. The number of rotatable bonds is 4. The van der Waals surface area contributed by atoms with Crippen LogP contribution in [0.25, 0.3) is 17.0 Å². The van der Waals surface area contributed by atoms with Gasteiger partial charge in [0.2, 0.25) is 11.2 Å². The first-order chi connectivity index (χ1) is 13.1. The van der Waals surface area contributed by atoms with Crippen LogP contribution >= 0.6 is 11.8 Å². The number of thioether (sulfide) groups is 1. The fraction of sp³-hybridized carbons (Fsp3) is 0.261. The first-order valence-electron chi connectivity index (χ1n) is 9.43. The van der Waals surface area contributed by atoms with Crippen molar-refractivity contribution in [1.82, 2.24) is 0 Å². The topological polar surface area (TPSA) is 16.4 Å². The van der Waals surface area contributed by atoms with Crippen molar-refractivity contribution in [2.75, 3.05) is 18.6 Å². The van der Waals surface area contributed by atoms with Gasteiger partial charge in [0.25, 0.3) is 0 Å². The van der Waals surface area contributed by atoms with Crippen LogP contribution in [0.2, 0.25) is 0 Å². The molecule has 0 bridgehead atoms. The van der Waals surface area contributed by atoms with Crippen molar-refractivity contribution < 1.29 is 33.3 Å². The van der Waals surface area contributed by atoms with E-state index in [0.29, 0.717) is 0 Å². The highest BCUT2D eigenvalue weighted by Gasteiger charge is 2.25. The van der Waals surface area contributed by atoms with Gasteiger partial charge < -0.3 is 33.6 Å². The summed E-state index contributed by atoms with van der Waals surface area (Å²) in [6.45, 7) is 8.45. The van der Waals surface area contributed by atoms with Crippen LogP contribution in [0.1, 0.15) is 25.1 Å². The molecule has 0 spiro atoms. The van der Waals surface area contributed by atoms with Crippen molar-refractivity contribution in [2.24, 2.45) is 0 Å². The summed E-state index contributed by atoms with van der Waals surface area (Å²) in [7, 11) is 1.71. The van der Waals surface area contributed by atoms with Gasteiger partial charge in [-0.15, -0.1) is 0 Å². The SMILES string of the molecule is CCN1C(=Cc2ccc3cc(OC)ccc3[n+]2CC)Sc2ccc(C)cc21.[I-]. The van der Waals surface area contributed by atoms with Gasteiger partial charge in [0.15, 0.2) is 0 Å². The highest BCUT2D eigenvalue weighted by atomic mass is 127. The lowest BCUT2D eigenvalue weighted by Gasteiger charge is -2.18. The molecule has 0 aliphatic carbocycles. The predicted octanol–water partition coefficient (Wildman–Crippen LogP) is 2.40. The molecule has 3 nitrogen and oxygen atoms in total. The summed E-state index contributed by atoms with van der Waals surface area (Å²) in [6.07, 6.45) is 2.32. The fourth-order valence-corrected chi connectivity index (χ4v) is 4.85. The second kappa shape index (κ2) is 8.74. The molecular weight excluding hydrogens is 479 g/mol. The van der Waals surface area contributed by atoms with E-state index >= 15 is 0 Å². The van der Waals surface area contributed by atoms with Crippen molar-refractivity contribution in [2.45, 2.75) is 32.2 Å². The Morgan fingerprint density at radius 1 is 1.07 bits per heavy atom. The zero-order chi connectivity index (χ0) is 19.0. The number of aryl methyl sites for hydroxylation is 2. The molecule has 2 aromatic carbocycles. The summed E-state index contributed by atoms with van der Waals surface area (Å²) in [4.78, 5) is 3.74. The zero-order valence-corrected chi connectivity index (χ0v) is 19.7.